The molecule has 4 aromatic rings. The smallest absolute Gasteiger partial charge is 0.0363 e. The van der Waals surface area contributed by atoms with E-state index in [9.17, 15) is 0 Å². The zero-order chi connectivity index (χ0) is 21.5. The maximum Gasteiger partial charge on any atom is 0.0363 e. The van der Waals surface area contributed by atoms with Crippen LogP contribution in [0.25, 0.3) is 0 Å². The molecule has 0 N–H and O–H groups in total. The van der Waals surface area contributed by atoms with E-state index in [2.05, 4.69) is 109 Å². The van der Waals surface area contributed by atoms with Gasteiger partial charge in [-0.2, -0.15) is 13.0 Å². The zero-order valence-electron chi connectivity index (χ0n) is 17.3. The number of benzene rings is 4. The van der Waals surface area contributed by atoms with Crippen LogP contribution in [0.1, 0.15) is 6.42 Å². The Morgan fingerprint density at radius 1 is 0.562 bits per heavy atom. The fourth-order valence-electron chi connectivity index (χ4n) is 3.55. The van der Waals surface area contributed by atoms with E-state index in [1.807, 2.05) is 12.1 Å². The Labute approximate surface area is 213 Å². The van der Waals surface area contributed by atoms with E-state index in [0.717, 1.165) is 5.12 Å². The predicted molar refractivity (Wildman–Crippen MR) is 141 cm³/mol. The molecule has 0 amide bonds. The molecule has 5 heteroatoms. The molecule has 0 aliphatic rings. The molecule has 0 aliphatic heterocycles. The van der Waals surface area contributed by atoms with Crippen molar-refractivity contribution in [2.45, 2.75) is 11.5 Å². The van der Waals surface area contributed by atoms with Crippen LogP contribution in [0.15, 0.2) is 121 Å². The largest absolute Gasteiger partial charge is 0.340 e. The van der Waals surface area contributed by atoms with E-state index in [1.54, 1.807) is 0 Å². The molecule has 0 aromatic heterocycles. The first-order valence-electron chi connectivity index (χ1n) is 10.2. The van der Waals surface area contributed by atoms with E-state index in [-0.39, 0.29) is 21.6 Å². The van der Waals surface area contributed by atoms with Crippen LogP contribution in [-0.2, 0) is 16.5 Å². The van der Waals surface area contributed by atoms with Crippen molar-refractivity contribution in [2.24, 2.45) is 0 Å². The fraction of sp³-hybridized carbons (Fsp3) is 0.0741. The molecular weight excluding hydrogens is 516 g/mol. The van der Waals surface area contributed by atoms with E-state index < -0.39 is 15.8 Å². The monoisotopic (exact) mass is 537 g/mol. The van der Waals surface area contributed by atoms with Gasteiger partial charge in [0.25, 0.3) is 0 Å². The van der Waals surface area contributed by atoms with Crippen molar-refractivity contribution in [3.05, 3.63) is 126 Å². The van der Waals surface area contributed by atoms with Crippen LogP contribution in [-0.4, -0.2) is 5.12 Å². The Kier molecular flexibility index (Phi) is 10.2. The third-order valence-electron chi connectivity index (χ3n) is 4.96. The molecule has 32 heavy (non-hydrogen) atoms. The van der Waals surface area contributed by atoms with Crippen molar-refractivity contribution >= 4 is 60.3 Å². The van der Waals surface area contributed by atoms with Crippen molar-refractivity contribution in [1.29, 1.82) is 0 Å². The normalized spacial score (nSPS) is 12.0. The summed E-state index contributed by atoms with van der Waals surface area (Å²) in [4.78, 5) is 0. The molecule has 1 unspecified atom stereocenters. The van der Waals surface area contributed by atoms with Crippen molar-refractivity contribution in [2.75, 3.05) is 0 Å². The summed E-state index contributed by atoms with van der Waals surface area (Å²) >= 11 is 14.3. The second-order valence-electron chi connectivity index (χ2n) is 7.06. The third kappa shape index (κ3) is 6.44. The van der Waals surface area contributed by atoms with Crippen LogP contribution in [0, 0.1) is 5.12 Å². The van der Waals surface area contributed by atoms with Crippen LogP contribution in [0.5, 0.6) is 0 Å². The second kappa shape index (κ2) is 12.9. The minimum absolute atomic E-state index is 0. The van der Waals surface area contributed by atoms with Gasteiger partial charge in [-0.1, -0.05) is 121 Å². The average molecular weight is 539 g/mol. The number of halogens is 2. The molecular formula is C27H23Cl2NiP2-. The van der Waals surface area contributed by atoms with Crippen molar-refractivity contribution in [3.8, 4) is 0 Å². The maximum atomic E-state index is 7.16. The summed E-state index contributed by atoms with van der Waals surface area (Å²) in [6.07, 6.45) is 0.661. The third-order valence-corrected chi connectivity index (χ3v) is 11.1. The molecule has 0 heterocycles. The molecule has 0 nitrogen and oxygen atoms in total. The maximum absolute atomic E-state index is 7.16. The zero-order valence-corrected chi connectivity index (χ0v) is 21.6. The average Bonchev–Trinajstić information content (AvgIpc) is 2.82. The van der Waals surface area contributed by atoms with Gasteiger partial charge in [0.2, 0.25) is 0 Å². The fourth-order valence-corrected chi connectivity index (χ4v) is 10.0. The molecule has 166 valence electrons. The first-order chi connectivity index (χ1) is 15.2. The van der Waals surface area contributed by atoms with E-state index >= 15 is 0 Å². The minimum atomic E-state index is -0.799. The first kappa shape index (κ1) is 25.4. The number of hydrogen-bond donors (Lipinski definition) is 0. The molecule has 0 saturated carbocycles. The quantitative estimate of drug-likeness (QED) is 0.0987. The molecule has 0 saturated heterocycles. The van der Waals surface area contributed by atoms with Crippen molar-refractivity contribution in [1.82, 2.24) is 0 Å². The Morgan fingerprint density at radius 2 is 0.875 bits per heavy atom. The summed E-state index contributed by atoms with van der Waals surface area (Å²) < 4.78 is 0. The molecule has 0 bridgehead atoms. The molecule has 0 aliphatic carbocycles. The van der Waals surface area contributed by atoms with Crippen LogP contribution in [0.3, 0.4) is 0 Å². The summed E-state index contributed by atoms with van der Waals surface area (Å²) in [5, 5.41) is 5.90. The van der Waals surface area contributed by atoms with Crippen LogP contribution in [0.4, 0.5) is 0 Å². The Morgan fingerprint density at radius 3 is 1.22 bits per heavy atom. The van der Waals surface area contributed by atoms with Gasteiger partial charge >= 0.3 is 0 Å². The van der Waals surface area contributed by atoms with Gasteiger partial charge in [0.15, 0.2) is 0 Å². The standard InChI is InChI=1S/C27H23Cl2P2.Ni/c28-26(30(22-13-5-1-6-14-22)23-15-7-2-8-16-23)21-27(29)31(24-17-9-3-10-18-24)25-19-11-4-12-20-25;/h1-20,26H,21H2;/q-1;. The van der Waals surface area contributed by atoms with Crippen LogP contribution in [0.2, 0.25) is 0 Å². The van der Waals surface area contributed by atoms with Gasteiger partial charge in [-0.3, -0.25) is 0 Å². The van der Waals surface area contributed by atoms with Gasteiger partial charge in [-0.25, -0.2) is 0 Å². The van der Waals surface area contributed by atoms with Gasteiger partial charge in [-0.15, -0.1) is 18.0 Å². The second-order valence-corrected chi connectivity index (χ2v) is 13.3. The summed E-state index contributed by atoms with van der Waals surface area (Å²) in [5.41, 5.74) is 0. The van der Waals surface area contributed by atoms with E-state index in [4.69, 9.17) is 23.2 Å². The van der Waals surface area contributed by atoms with Crippen molar-refractivity contribution < 1.29 is 16.5 Å². The summed E-state index contributed by atoms with van der Waals surface area (Å²) in [6.45, 7) is 0. The van der Waals surface area contributed by atoms with Gasteiger partial charge in [0, 0.05) is 21.6 Å². The molecule has 0 fully saturated rings. The topological polar surface area (TPSA) is 0 Å². The number of hydrogen-bond acceptors (Lipinski definition) is 0. The predicted octanol–water partition coefficient (Wildman–Crippen LogP) is 6.93. The molecule has 4 rings (SSSR count). The Hall–Kier alpha value is -1.19. The van der Waals surface area contributed by atoms with Gasteiger partial charge in [0.05, 0.1) is 0 Å². The Balaban J connectivity index is 0.00000289. The number of rotatable bonds is 8. The SMILES string of the molecule is Cl[C-](CC(Cl)P(c1ccccc1)c1ccccc1)P(c1ccccc1)c1ccccc1.[Ni]. The summed E-state index contributed by atoms with van der Waals surface area (Å²) in [7, 11) is -1.54. The van der Waals surface area contributed by atoms with Gasteiger partial charge in [0.1, 0.15) is 0 Å². The molecule has 0 radical (unpaired) electrons. The van der Waals surface area contributed by atoms with Gasteiger partial charge < -0.3 is 11.6 Å². The van der Waals surface area contributed by atoms with Crippen LogP contribution < -0.4 is 21.2 Å². The summed E-state index contributed by atoms with van der Waals surface area (Å²) in [6, 6.07) is 42.3. The van der Waals surface area contributed by atoms with Crippen molar-refractivity contribution in [3.63, 3.8) is 0 Å². The minimum Gasteiger partial charge on any atom is -0.340 e. The van der Waals surface area contributed by atoms with E-state index in [1.165, 1.54) is 21.2 Å². The number of alkyl halides is 1. The first-order valence-corrected chi connectivity index (χ1v) is 13.8. The summed E-state index contributed by atoms with van der Waals surface area (Å²) in [5.74, 6) is 0. The van der Waals surface area contributed by atoms with E-state index in [0.29, 0.717) is 6.42 Å². The Bertz CT molecular complexity index is 884. The molecule has 1 atom stereocenters. The molecule has 4 aromatic carbocycles. The van der Waals surface area contributed by atoms with Gasteiger partial charge in [-0.05, 0) is 29.1 Å². The molecule has 0 spiro atoms. The van der Waals surface area contributed by atoms with Crippen LogP contribution >= 0.6 is 39.0 Å².